The molecule has 12 heteroatoms. The van der Waals surface area contributed by atoms with Gasteiger partial charge in [0.25, 0.3) is 0 Å². The molecule has 1 aromatic carbocycles. The summed E-state index contributed by atoms with van der Waals surface area (Å²) >= 11 is 0. The van der Waals surface area contributed by atoms with E-state index >= 15 is 0 Å². The lowest BCUT2D eigenvalue weighted by atomic mass is 9.87. The number of halogens is 3. The van der Waals surface area contributed by atoms with E-state index in [1.165, 1.54) is 26.2 Å². The minimum atomic E-state index is -5.07. The number of Topliss-reactive ketones (excluding diaryl/α,β-unsaturated/α-hetero) is 2. The second kappa shape index (κ2) is 21.6. The van der Waals surface area contributed by atoms with Crippen molar-refractivity contribution in [3.05, 3.63) is 35.9 Å². The average Bonchev–Trinajstić information content (AvgIpc) is 3.00. The average molecular weight is 670 g/mol. The summed E-state index contributed by atoms with van der Waals surface area (Å²) in [5.74, 6) is -4.83. The molecule has 0 heterocycles. The Balaban J connectivity index is 2.97. The second-order valence-electron chi connectivity index (χ2n) is 12.9. The van der Waals surface area contributed by atoms with Crippen molar-refractivity contribution in [3.63, 3.8) is 0 Å². The summed E-state index contributed by atoms with van der Waals surface area (Å²) in [4.78, 5) is 63.9. The highest BCUT2D eigenvalue weighted by Gasteiger charge is 2.44. The summed E-state index contributed by atoms with van der Waals surface area (Å²) in [6, 6.07) is 5.97. The van der Waals surface area contributed by atoms with Crippen LogP contribution in [-0.4, -0.2) is 58.8 Å². The molecular weight excluding hydrogens is 615 g/mol. The van der Waals surface area contributed by atoms with E-state index in [1.54, 1.807) is 30.3 Å². The van der Waals surface area contributed by atoms with Gasteiger partial charge in [0.2, 0.25) is 17.7 Å². The van der Waals surface area contributed by atoms with E-state index in [9.17, 15) is 42.3 Å². The summed E-state index contributed by atoms with van der Waals surface area (Å²) in [6.45, 7) is 7.16. The van der Waals surface area contributed by atoms with Crippen LogP contribution in [0.1, 0.15) is 110 Å². The molecule has 0 saturated carbocycles. The van der Waals surface area contributed by atoms with Crippen LogP contribution in [-0.2, 0) is 30.4 Å². The van der Waals surface area contributed by atoms with Crippen molar-refractivity contribution in [1.29, 1.82) is 0 Å². The minimum absolute atomic E-state index is 0.0180. The van der Waals surface area contributed by atoms with Gasteiger partial charge in [-0.3, -0.25) is 24.0 Å². The Bertz CT molecular complexity index is 1130. The van der Waals surface area contributed by atoms with Crippen LogP contribution in [0.2, 0.25) is 0 Å². The highest BCUT2D eigenvalue weighted by Crippen LogP contribution is 2.25. The summed E-state index contributed by atoms with van der Waals surface area (Å²) in [7, 11) is 0. The number of carbonyl (C=O) groups excluding carboxylic acids is 5. The first-order valence-corrected chi connectivity index (χ1v) is 16.8. The van der Waals surface area contributed by atoms with Crippen LogP contribution in [0.15, 0.2) is 30.3 Å². The summed E-state index contributed by atoms with van der Waals surface area (Å²) in [5.41, 5.74) is 5.78. The molecule has 5 N–H and O–H groups in total. The molecule has 0 radical (unpaired) electrons. The number of primary amides is 1. The number of amides is 3. The number of ketones is 2. The van der Waals surface area contributed by atoms with Crippen LogP contribution in [0.3, 0.4) is 0 Å². The fourth-order valence-electron chi connectivity index (χ4n) is 5.33. The molecule has 0 aliphatic carbocycles. The lowest BCUT2D eigenvalue weighted by Crippen LogP contribution is -2.52. The first-order chi connectivity index (χ1) is 22.1. The molecule has 266 valence electrons. The molecule has 0 aliphatic rings. The fourth-order valence-corrected chi connectivity index (χ4v) is 5.33. The standard InChI is InChI=1S/C35H54F3N3O6/c1-5-6-7-8-9-10-14-17-26(42)22-27(23(2)3)34(47)41-29(21-25-15-12-11-13-16-25)30(43)20-24(4)33(46)40-28(18-19-31(39)44)32(45)35(36,37)38/h11-13,15-16,23-24,27-29,32,45H,5-10,14,17-22H2,1-4H3,(H2,39,44)(H,40,46)(H,41,47)/t24-,27-,28+,29-,32?/m0/s1. The van der Waals surface area contributed by atoms with Gasteiger partial charge in [-0.2, -0.15) is 13.2 Å². The van der Waals surface area contributed by atoms with Crippen LogP contribution >= 0.6 is 0 Å². The Morgan fingerprint density at radius 1 is 0.830 bits per heavy atom. The zero-order valence-corrected chi connectivity index (χ0v) is 28.2. The molecule has 3 amide bonds. The summed E-state index contributed by atoms with van der Waals surface area (Å²) < 4.78 is 39.7. The maximum absolute atomic E-state index is 13.5. The molecule has 47 heavy (non-hydrogen) atoms. The molecule has 5 atom stereocenters. The van der Waals surface area contributed by atoms with Gasteiger partial charge in [0.15, 0.2) is 11.9 Å². The van der Waals surface area contributed by atoms with Crippen LogP contribution in [0.4, 0.5) is 13.2 Å². The second-order valence-corrected chi connectivity index (χ2v) is 12.9. The molecular formula is C35H54F3N3O6. The van der Waals surface area contributed by atoms with E-state index in [0.29, 0.717) is 6.42 Å². The predicted octanol–water partition coefficient (Wildman–Crippen LogP) is 5.35. The van der Waals surface area contributed by atoms with E-state index in [4.69, 9.17) is 5.73 Å². The van der Waals surface area contributed by atoms with E-state index in [-0.39, 0.29) is 24.5 Å². The van der Waals surface area contributed by atoms with E-state index in [0.717, 1.165) is 31.2 Å². The third-order valence-electron chi connectivity index (χ3n) is 8.34. The number of nitrogens with two attached hydrogens (primary N) is 1. The molecule has 9 nitrogen and oxygen atoms in total. The van der Waals surface area contributed by atoms with Gasteiger partial charge in [-0.15, -0.1) is 0 Å². The zero-order chi connectivity index (χ0) is 35.6. The van der Waals surface area contributed by atoms with Crippen molar-refractivity contribution in [3.8, 4) is 0 Å². The van der Waals surface area contributed by atoms with Crippen molar-refractivity contribution in [2.24, 2.45) is 23.5 Å². The summed E-state index contributed by atoms with van der Waals surface area (Å²) in [6.07, 6.45) is -1.49. The van der Waals surface area contributed by atoms with Crippen molar-refractivity contribution in [2.45, 2.75) is 136 Å². The molecule has 0 aromatic heterocycles. The molecule has 0 bridgehead atoms. The number of unbranched alkanes of at least 4 members (excludes halogenated alkanes) is 6. The molecule has 0 saturated heterocycles. The highest BCUT2D eigenvalue weighted by molar-refractivity contribution is 5.94. The Kier molecular flexibility index (Phi) is 19.2. The van der Waals surface area contributed by atoms with Gasteiger partial charge in [-0.1, -0.05) is 96.6 Å². The van der Waals surface area contributed by atoms with Gasteiger partial charge in [0, 0.05) is 37.5 Å². The minimum Gasteiger partial charge on any atom is -0.382 e. The number of benzene rings is 1. The Morgan fingerprint density at radius 2 is 1.43 bits per heavy atom. The van der Waals surface area contributed by atoms with Gasteiger partial charge in [-0.05, 0) is 30.7 Å². The van der Waals surface area contributed by atoms with Crippen molar-refractivity contribution in [1.82, 2.24) is 10.6 Å². The highest BCUT2D eigenvalue weighted by atomic mass is 19.4. The van der Waals surface area contributed by atoms with Crippen LogP contribution in [0.25, 0.3) is 0 Å². The molecule has 1 rings (SSSR count). The van der Waals surface area contributed by atoms with Crippen LogP contribution in [0, 0.1) is 17.8 Å². The molecule has 0 spiro atoms. The smallest absolute Gasteiger partial charge is 0.382 e. The number of aliphatic hydroxyl groups is 1. The zero-order valence-electron chi connectivity index (χ0n) is 28.2. The Hall–Kier alpha value is -3.28. The van der Waals surface area contributed by atoms with Gasteiger partial charge >= 0.3 is 6.18 Å². The lowest BCUT2D eigenvalue weighted by molar-refractivity contribution is -0.213. The Labute approximate surface area is 277 Å². The third kappa shape index (κ3) is 16.9. The van der Waals surface area contributed by atoms with Gasteiger partial charge < -0.3 is 21.5 Å². The van der Waals surface area contributed by atoms with Crippen molar-refractivity contribution < 1.29 is 42.3 Å². The van der Waals surface area contributed by atoms with E-state index in [1.807, 2.05) is 13.8 Å². The Morgan fingerprint density at radius 3 is 1.98 bits per heavy atom. The van der Waals surface area contributed by atoms with E-state index < -0.39 is 79.0 Å². The summed E-state index contributed by atoms with van der Waals surface area (Å²) in [5, 5.41) is 14.7. The number of rotatable bonds is 24. The number of nitrogens with one attached hydrogen (secondary N) is 2. The number of hydrogen-bond acceptors (Lipinski definition) is 6. The van der Waals surface area contributed by atoms with Crippen molar-refractivity contribution in [2.75, 3.05) is 0 Å². The van der Waals surface area contributed by atoms with Gasteiger partial charge in [0.05, 0.1) is 12.1 Å². The van der Waals surface area contributed by atoms with Gasteiger partial charge in [-0.25, -0.2) is 0 Å². The number of hydrogen-bond donors (Lipinski definition) is 4. The molecule has 1 aromatic rings. The van der Waals surface area contributed by atoms with Gasteiger partial charge in [0.1, 0.15) is 5.78 Å². The maximum Gasteiger partial charge on any atom is 0.416 e. The number of carbonyl (C=O) groups is 5. The van der Waals surface area contributed by atoms with Crippen LogP contribution < -0.4 is 16.4 Å². The first-order valence-electron chi connectivity index (χ1n) is 16.8. The van der Waals surface area contributed by atoms with Crippen molar-refractivity contribution >= 4 is 29.3 Å². The monoisotopic (exact) mass is 669 g/mol. The maximum atomic E-state index is 13.5. The molecule has 1 unspecified atom stereocenters. The van der Waals surface area contributed by atoms with E-state index in [2.05, 4.69) is 17.6 Å². The SMILES string of the molecule is CCCCCCCCCC(=O)C[C@H](C(=O)N[C@@H](Cc1ccccc1)C(=O)C[C@H](C)C(=O)N[C@H](CCC(N)=O)C(O)C(F)(F)F)C(C)C. The van der Waals surface area contributed by atoms with Crippen LogP contribution in [0.5, 0.6) is 0 Å². The topological polar surface area (TPSA) is 156 Å². The number of aliphatic hydroxyl groups excluding tert-OH is 1. The quantitative estimate of drug-likeness (QED) is 0.109. The third-order valence-corrected chi connectivity index (χ3v) is 8.34. The molecule has 0 fully saturated rings. The normalized spacial score (nSPS) is 14.9. The molecule has 0 aliphatic heterocycles. The largest absolute Gasteiger partial charge is 0.416 e. The predicted molar refractivity (Wildman–Crippen MR) is 174 cm³/mol. The first kappa shape index (κ1) is 41.7. The number of alkyl halides is 3. The lowest BCUT2D eigenvalue weighted by Gasteiger charge is -2.27. The fraction of sp³-hybridized carbons (Fsp3) is 0.686.